The van der Waals surface area contributed by atoms with Crippen molar-refractivity contribution in [3.05, 3.63) is 224 Å². The number of anilines is 3. The van der Waals surface area contributed by atoms with E-state index in [0.717, 1.165) is 45.3 Å². The van der Waals surface area contributed by atoms with Crippen LogP contribution in [0.1, 0.15) is 0 Å². The van der Waals surface area contributed by atoms with Crippen LogP contribution in [-0.2, 0) is 0 Å². The third-order valence-electron chi connectivity index (χ3n) is 10.6. The Bertz CT molecular complexity index is 2810. The molecule has 0 atom stereocenters. The lowest BCUT2D eigenvalue weighted by Gasteiger charge is -2.26. The molecule has 0 aliphatic heterocycles. The maximum absolute atomic E-state index is 5.14. The van der Waals surface area contributed by atoms with Crippen LogP contribution in [0, 0.1) is 0 Å². The van der Waals surface area contributed by atoms with Crippen LogP contribution in [0.2, 0.25) is 0 Å². The number of fused-ring (bicyclic) bond motifs is 2. The molecule has 0 unspecified atom stereocenters. The number of rotatable bonds is 8. The molecule has 0 radical (unpaired) electrons. The molecule has 0 aliphatic rings. The summed E-state index contributed by atoms with van der Waals surface area (Å²) in [4.78, 5) is 2.33. The first-order valence-electron chi connectivity index (χ1n) is 19.0. The van der Waals surface area contributed by atoms with Crippen molar-refractivity contribution in [1.29, 1.82) is 0 Å². The van der Waals surface area contributed by atoms with Crippen LogP contribution in [0.5, 0.6) is 0 Å². The van der Waals surface area contributed by atoms with Crippen LogP contribution in [0.25, 0.3) is 72.0 Å². The summed E-state index contributed by atoms with van der Waals surface area (Å²) in [6.07, 6.45) is 0. The van der Waals surface area contributed by atoms with Gasteiger partial charge in [-0.2, -0.15) is 5.10 Å². The molecule has 3 heteroatoms. The van der Waals surface area contributed by atoms with Crippen LogP contribution < -0.4 is 4.90 Å². The van der Waals surface area contributed by atoms with E-state index in [4.69, 9.17) is 5.10 Å². The highest BCUT2D eigenvalue weighted by Gasteiger charge is 2.17. The minimum Gasteiger partial charge on any atom is -0.311 e. The number of aromatic nitrogens is 2. The van der Waals surface area contributed by atoms with Gasteiger partial charge in [-0.1, -0.05) is 158 Å². The molecular formula is C53H37N3. The second-order valence-electron chi connectivity index (χ2n) is 14.1. The van der Waals surface area contributed by atoms with Gasteiger partial charge in [-0.3, -0.25) is 0 Å². The van der Waals surface area contributed by atoms with Gasteiger partial charge in [0.2, 0.25) is 0 Å². The lowest BCUT2D eigenvalue weighted by Crippen LogP contribution is -2.10. The molecule has 1 aromatic heterocycles. The van der Waals surface area contributed by atoms with Gasteiger partial charge >= 0.3 is 0 Å². The summed E-state index contributed by atoms with van der Waals surface area (Å²) in [5.41, 5.74) is 13.2. The van der Waals surface area contributed by atoms with Crippen LogP contribution in [-0.4, -0.2) is 9.78 Å². The van der Waals surface area contributed by atoms with E-state index in [0.29, 0.717) is 0 Å². The maximum atomic E-state index is 5.14. The zero-order valence-corrected chi connectivity index (χ0v) is 30.7. The van der Waals surface area contributed by atoms with Crippen molar-refractivity contribution in [2.45, 2.75) is 0 Å². The summed E-state index contributed by atoms with van der Waals surface area (Å²) in [5, 5.41) is 10.1. The van der Waals surface area contributed by atoms with Crippen molar-refractivity contribution in [3.8, 4) is 50.5 Å². The molecule has 0 spiro atoms. The smallest absolute Gasteiger partial charge is 0.0934 e. The second kappa shape index (κ2) is 14.4. The van der Waals surface area contributed by atoms with Crippen LogP contribution in [0.15, 0.2) is 224 Å². The minimum absolute atomic E-state index is 0.938. The van der Waals surface area contributed by atoms with Gasteiger partial charge in [0.25, 0.3) is 0 Å². The molecule has 56 heavy (non-hydrogen) atoms. The molecule has 0 aliphatic carbocycles. The van der Waals surface area contributed by atoms with E-state index in [1.807, 2.05) is 6.07 Å². The Morgan fingerprint density at radius 3 is 1.21 bits per heavy atom. The van der Waals surface area contributed by atoms with E-state index >= 15 is 0 Å². The van der Waals surface area contributed by atoms with Gasteiger partial charge in [-0.05, 0) is 111 Å². The lowest BCUT2D eigenvalue weighted by atomic mass is 10.00. The van der Waals surface area contributed by atoms with Crippen molar-refractivity contribution in [1.82, 2.24) is 9.78 Å². The zero-order valence-electron chi connectivity index (χ0n) is 30.7. The van der Waals surface area contributed by atoms with Gasteiger partial charge < -0.3 is 4.90 Å². The summed E-state index contributed by atoms with van der Waals surface area (Å²) < 4.78 is 2.06. The topological polar surface area (TPSA) is 21.1 Å². The third kappa shape index (κ3) is 6.42. The highest BCUT2D eigenvalue weighted by molar-refractivity contribution is 5.89. The summed E-state index contributed by atoms with van der Waals surface area (Å²) in [5.74, 6) is 0. The lowest BCUT2D eigenvalue weighted by molar-refractivity contribution is 0.892. The fourth-order valence-electron chi connectivity index (χ4n) is 7.68. The molecule has 0 saturated carbocycles. The molecule has 0 saturated heterocycles. The molecule has 10 rings (SSSR count). The predicted molar refractivity (Wildman–Crippen MR) is 235 cm³/mol. The molecule has 0 amide bonds. The number of nitrogens with zero attached hydrogens (tertiary/aromatic N) is 3. The quantitative estimate of drug-likeness (QED) is 0.156. The van der Waals surface area contributed by atoms with Crippen molar-refractivity contribution in [3.63, 3.8) is 0 Å². The molecule has 264 valence electrons. The van der Waals surface area contributed by atoms with Gasteiger partial charge in [-0.15, -0.1) is 0 Å². The molecule has 9 aromatic carbocycles. The Morgan fingerprint density at radius 2 is 0.714 bits per heavy atom. The molecule has 1 heterocycles. The van der Waals surface area contributed by atoms with Gasteiger partial charge in [0, 0.05) is 28.2 Å². The normalized spacial score (nSPS) is 11.2. The fourth-order valence-corrected chi connectivity index (χ4v) is 7.68. The molecule has 0 bridgehead atoms. The number of benzene rings is 9. The van der Waals surface area contributed by atoms with Crippen molar-refractivity contribution < 1.29 is 0 Å². The molecule has 10 aromatic rings. The SMILES string of the molecule is c1ccc(-c2cc(-c3ccccc3)n(-c3ccc(N(c4ccc(-c5ccc6ccccc6c5)cc4)c4ccc(-c5ccc6ccccc6c5)cc4)cc3)n2)cc1. The zero-order chi connectivity index (χ0) is 37.3. The summed E-state index contributed by atoms with van der Waals surface area (Å²) >= 11 is 0. The minimum atomic E-state index is 0.938. The first kappa shape index (κ1) is 33.1. The molecule has 0 fully saturated rings. The Hall–Kier alpha value is -7.49. The molecule has 3 nitrogen and oxygen atoms in total. The van der Waals surface area contributed by atoms with Gasteiger partial charge in [0.05, 0.1) is 17.1 Å². The van der Waals surface area contributed by atoms with E-state index in [1.165, 1.54) is 43.8 Å². The van der Waals surface area contributed by atoms with Gasteiger partial charge in [0.1, 0.15) is 0 Å². The highest BCUT2D eigenvalue weighted by atomic mass is 15.3. The highest BCUT2D eigenvalue weighted by Crippen LogP contribution is 2.38. The average Bonchev–Trinajstić information content (AvgIpc) is 3.73. The number of hydrogen-bond donors (Lipinski definition) is 0. The van der Waals surface area contributed by atoms with Crippen molar-refractivity contribution in [2.75, 3.05) is 4.90 Å². The monoisotopic (exact) mass is 715 g/mol. The van der Waals surface area contributed by atoms with Crippen molar-refractivity contribution >= 4 is 38.6 Å². The van der Waals surface area contributed by atoms with Crippen LogP contribution in [0.3, 0.4) is 0 Å². The first-order chi connectivity index (χ1) is 27.7. The Labute approximate surface area is 327 Å². The summed E-state index contributed by atoms with van der Waals surface area (Å²) in [6.45, 7) is 0. The van der Waals surface area contributed by atoms with Crippen LogP contribution in [0.4, 0.5) is 17.1 Å². The average molecular weight is 716 g/mol. The van der Waals surface area contributed by atoms with Gasteiger partial charge in [-0.25, -0.2) is 4.68 Å². The van der Waals surface area contributed by atoms with Crippen LogP contribution >= 0.6 is 0 Å². The largest absolute Gasteiger partial charge is 0.311 e. The third-order valence-corrected chi connectivity index (χ3v) is 10.6. The Morgan fingerprint density at radius 1 is 0.304 bits per heavy atom. The Balaban J connectivity index is 1.04. The van der Waals surface area contributed by atoms with Crippen molar-refractivity contribution in [2.24, 2.45) is 0 Å². The van der Waals surface area contributed by atoms with E-state index < -0.39 is 0 Å². The first-order valence-corrected chi connectivity index (χ1v) is 19.0. The second-order valence-corrected chi connectivity index (χ2v) is 14.1. The molecule has 0 N–H and O–H groups in total. The maximum Gasteiger partial charge on any atom is 0.0934 e. The van der Waals surface area contributed by atoms with E-state index in [1.54, 1.807) is 0 Å². The summed E-state index contributed by atoms with van der Waals surface area (Å²) in [7, 11) is 0. The predicted octanol–water partition coefficient (Wildman–Crippen LogP) is 14.3. The summed E-state index contributed by atoms with van der Waals surface area (Å²) in [6, 6.07) is 80.0. The van der Waals surface area contributed by atoms with E-state index in [9.17, 15) is 0 Å². The standard InChI is InChI=1S/C53H37N3/c1-3-13-42(14-4-1)52-37-53(43-15-5-2-6-16-43)56(54-52)51-33-31-50(32-34-51)55(48-27-23-40(24-28-48)46-21-19-38-11-7-9-17-44(38)35-46)49-29-25-41(26-30-49)47-22-20-39-12-8-10-18-45(39)36-47/h1-37H. The van der Waals surface area contributed by atoms with Gasteiger partial charge in [0.15, 0.2) is 0 Å². The fraction of sp³-hybridized carbons (Fsp3) is 0. The molecular weight excluding hydrogens is 679 g/mol. The Kier molecular flexibility index (Phi) is 8.51. The number of hydrogen-bond acceptors (Lipinski definition) is 2. The van der Waals surface area contributed by atoms with E-state index in [2.05, 4.69) is 228 Å². The van der Waals surface area contributed by atoms with E-state index in [-0.39, 0.29) is 0 Å².